The normalized spacial score (nSPS) is 10.5. The maximum atomic E-state index is 13.7. The summed E-state index contributed by atoms with van der Waals surface area (Å²) in [7, 11) is 0. The molecule has 0 spiro atoms. The Morgan fingerprint density at radius 3 is 2.48 bits per heavy atom. The summed E-state index contributed by atoms with van der Waals surface area (Å²) in [6.45, 7) is 2.38. The number of nitrogens with one attached hydrogen (secondary N) is 2. The van der Waals surface area contributed by atoms with Gasteiger partial charge in [-0.2, -0.15) is 0 Å². The molecule has 0 atom stereocenters. The topological polar surface area (TPSA) is 37.0 Å². The van der Waals surface area contributed by atoms with Crippen molar-refractivity contribution in [3.8, 4) is 0 Å². The van der Waals surface area contributed by atoms with E-state index in [4.69, 9.17) is 11.6 Å². The molecular weight excluding hydrogens is 303 g/mol. The quantitative estimate of drug-likeness (QED) is 0.838. The molecular formula is C14H13ClF3N3. The van der Waals surface area contributed by atoms with Crippen molar-refractivity contribution < 1.29 is 13.2 Å². The van der Waals surface area contributed by atoms with Crippen LogP contribution in [0.3, 0.4) is 0 Å². The van der Waals surface area contributed by atoms with Crippen molar-refractivity contribution in [2.24, 2.45) is 0 Å². The molecule has 2 rings (SSSR count). The monoisotopic (exact) mass is 315 g/mol. The number of rotatable bonds is 5. The molecule has 7 heteroatoms. The van der Waals surface area contributed by atoms with Crippen molar-refractivity contribution in [1.29, 1.82) is 0 Å². The predicted molar refractivity (Wildman–Crippen MR) is 77.6 cm³/mol. The van der Waals surface area contributed by atoms with E-state index in [1.807, 2.05) is 6.92 Å². The minimum Gasteiger partial charge on any atom is -0.368 e. The number of aromatic nitrogens is 1. The van der Waals surface area contributed by atoms with E-state index in [1.54, 1.807) is 0 Å². The van der Waals surface area contributed by atoms with Crippen LogP contribution in [-0.2, 0) is 0 Å². The fraction of sp³-hybridized carbons (Fsp3) is 0.214. The van der Waals surface area contributed by atoms with Crippen molar-refractivity contribution in [2.75, 3.05) is 17.2 Å². The van der Waals surface area contributed by atoms with E-state index in [9.17, 15) is 13.2 Å². The second-order valence-corrected chi connectivity index (χ2v) is 4.76. The zero-order valence-corrected chi connectivity index (χ0v) is 11.9. The number of nitrogens with zero attached hydrogens (tertiary/aromatic N) is 1. The molecule has 1 aromatic heterocycles. The summed E-state index contributed by atoms with van der Waals surface area (Å²) in [5.74, 6) is -2.72. The number of pyridine rings is 1. The smallest absolute Gasteiger partial charge is 0.169 e. The van der Waals surface area contributed by atoms with Gasteiger partial charge in [0.25, 0.3) is 0 Å². The van der Waals surface area contributed by atoms with Gasteiger partial charge in [-0.3, -0.25) is 0 Å². The van der Waals surface area contributed by atoms with Gasteiger partial charge in [0.05, 0.1) is 5.69 Å². The van der Waals surface area contributed by atoms with Gasteiger partial charge in [0, 0.05) is 17.6 Å². The number of hydrogen-bond donors (Lipinski definition) is 2. The molecule has 0 saturated carbocycles. The first-order valence-corrected chi connectivity index (χ1v) is 6.71. The molecule has 0 radical (unpaired) electrons. The van der Waals surface area contributed by atoms with E-state index in [-0.39, 0.29) is 22.3 Å². The van der Waals surface area contributed by atoms with E-state index >= 15 is 0 Å². The molecule has 3 nitrogen and oxygen atoms in total. The standard InChI is InChI=1S/C14H13ClF3N3/c1-2-5-19-13-10(17)7-11(18)14(21-13)20-12-6-8(15)3-4-9(12)16/h3-4,6-7H,2,5H2,1H3,(H2,19,20,21). The molecule has 0 bridgehead atoms. The molecule has 0 unspecified atom stereocenters. The Morgan fingerprint density at radius 2 is 1.76 bits per heavy atom. The second kappa shape index (κ2) is 6.67. The van der Waals surface area contributed by atoms with Crippen molar-refractivity contribution in [3.63, 3.8) is 0 Å². The molecule has 0 aliphatic carbocycles. The van der Waals surface area contributed by atoms with Gasteiger partial charge in [-0.25, -0.2) is 18.2 Å². The largest absolute Gasteiger partial charge is 0.368 e. The van der Waals surface area contributed by atoms with Crippen LogP contribution in [0.2, 0.25) is 5.02 Å². The van der Waals surface area contributed by atoms with Crippen LogP contribution in [0.4, 0.5) is 30.5 Å². The van der Waals surface area contributed by atoms with E-state index < -0.39 is 17.5 Å². The number of benzene rings is 1. The van der Waals surface area contributed by atoms with Gasteiger partial charge in [-0.1, -0.05) is 18.5 Å². The highest BCUT2D eigenvalue weighted by atomic mass is 35.5. The maximum absolute atomic E-state index is 13.7. The van der Waals surface area contributed by atoms with Crippen LogP contribution in [0.1, 0.15) is 13.3 Å². The first kappa shape index (κ1) is 15.4. The molecule has 0 saturated heterocycles. The summed E-state index contributed by atoms with van der Waals surface area (Å²) in [6, 6.07) is 4.49. The van der Waals surface area contributed by atoms with Crippen LogP contribution in [0, 0.1) is 17.5 Å². The lowest BCUT2D eigenvalue weighted by atomic mass is 10.3. The SMILES string of the molecule is CCCNc1nc(Nc2cc(Cl)ccc2F)c(F)cc1F. The first-order valence-electron chi connectivity index (χ1n) is 6.33. The van der Waals surface area contributed by atoms with Gasteiger partial charge >= 0.3 is 0 Å². The van der Waals surface area contributed by atoms with E-state index in [0.29, 0.717) is 12.6 Å². The third-order valence-electron chi connectivity index (χ3n) is 2.65. The molecule has 0 aliphatic heterocycles. The van der Waals surface area contributed by atoms with Crippen LogP contribution >= 0.6 is 11.6 Å². The third-order valence-corrected chi connectivity index (χ3v) is 2.89. The average molecular weight is 316 g/mol. The average Bonchev–Trinajstić information content (AvgIpc) is 2.44. The van der Waals surface area contributed by atoms with Crippen LogP contribution in [-0.4, -0.2) is 11.5 Å². The minimum absolute atomic E-state index is 0.0399. The number of halogens is 4. The third kappa shape index (κ3) is 3.78. The first-order chi connectivity index (χ1) is 10.0. The number of hydrogen-bond acceptors (Lipinski definition) is 3. The Balaban J connectivity index is 2.32. The van der Waals surface area contributed by atoms with Gasteiger partial charge in [0.1, 0.15) is 5.82 Å². The van der Waals surface area contributed by atoms with Gasteiger partial charge in [-0.05, 0) is 24.6 Å². The lowest BCUT2D eigenvalue weighted by molar-refractivity contribution is 0.578. The Hall–Kier alpha value is -1.95. The molecule has 0 aliphatic rings. The summed E-state index contributed by atoms with van der Waals surface area (Å²) in [5, 5.41) is 5.49. The molecule has 1 heterocycles. The zero-order chi connectivity index (χ0) is 15.4. The lowest BCUT2D eigenvalue weighted by Gasteiger charge is -2.11. The summed E-state index contributed by atoms with van der Waals surface area (Å²) < 4.78 is 40.9. The highest BCUT2D eigenvalue weighted by Crippen LogP contribution is 2.26. The fourth-order valence-corrected chi connectivity index (χ4v) is 1.81. The molecule has 112 valence electrons. The summed E-state index contributed by atoms with van der Waals surface area (Å²) in [4.78, 5) is 3.79. The highest BCUT2D eigenvalue weighted by molar-refractivity contribution is 6.30. The maximum Gasteiger partial charge on any atom is 0.169 e. The lowest BCUT2D eigenvalue weighted by Crippen LogP contribution is -2.08. The van der Waals surface area contributed by atoms with Crippen molar-refractivity contribution in [3.05, 3.63) is 46.7 Å². The van der Waals surface area contributed by atoms with E-state index in [0.717, 1.165) is 12.5 Å². The van der Waals surface area contributed by atoms with Crippen LogP contribution in [0.25, 0.3) is 0 Å². The van der Waals surface area contributed by atoms with Crippen LogP contribution in [0.5, 0.6) is 0 Å². The van der Waals surface area contributed by atoms with Crippen molar-refractivity contribution in [2.45, 2.75) is 13.3 Å². The summed E-state index contributed by atoms with van der Waals surface area (Å²) in [6.07, 6.45) is 0.754. The van der Waals surface area contributed by atoms with E-state index in [1.165, 1.54) is 12.1 Å². The predicted octanol–water partition coefficient (Wildman–Crippen LogP) is 4.72. The molecule has 2 aromatic rings. The Kier molecular flexibility index (Phi) is 4.90. The molecule has 0 amide bonds. The summed E-state index contributed by atoms with van der Waals surface area (Å²) >= 11 is 5.75. The fourth-order valence-electron chi connectivity index (χ4n) is 1.64. The Morgan fingerprint density at radius 1 is 1.05 bits per heavy atom. The van der Waals surface area contributed by atoms with Crippen LogP contribution in [0.15, 0.2) is 24.3 Å². The molecule has 0 fully saturated rings. The van der Waals surface area contributed by atoms with Crippen molar-refractivity contribution >= 4 is 28.9 Å². The Labute approximate surface area is 125 Å². The van der Waals surface area contributed by atoms with Gasteiger partial charge in [-0.15, -0.1) is 0 Å². The van der Waals surface area contributed by atoms with Gasteiger partial charge in [0.15, 0.2) is 23.3 Å². The summed E-state index contributed by atoms with van der Waals surface area (Å²) in [5.41, 5.74) is -0.0399. The van der Waals surface area contributed by atoms with Gasteiger partial charge in [0.2, 0.25) is 0 Å². The van der Waals surface area contributed by atoms with Crippen molar-refractivity contribution in [1.82, 2.24) is 4.98 Å². The molecule has 1 aromatic carbocycles. The van der Waals surface area contributed by atoms with Crippen LogP contribution < -0.4 is 10.6 Å². The van der Waals surface area contributed by atoms with Gasteiger partial charge < -0.3 is 10.6 Å². The molecule has 21 heavy (non-hydrogen) atoms. The molecule has 2 N–H and O–H groups in total. The highest BCUT2D eigenvalue weighted by Gasteiger charge is 2.13. The zero-order valence-electron chi connectivity index (χ0n) is 11.2. The number of anilines is 3. The van der Waals surface area contributed by atoms with E-state index in [2.05, 4.69) is 15.6 Å². The second-order valence-electron chi connectivity index (χ2n) is 4.33. The minimum atomic E-state index is -0.922. The Bertz CT molecular complexity index is 650.